The monoisotopic (exact) mass is 271 g/mol. The van der Waals surface area contributed by atoms with Gasteiger partial charge >= 0.3 is 0 Å². The van der Waals surface area contributed by atoms with E-state index in [4.69, 9.17) is 4.74 Å². The molecular weight excluding hydrogens is 254 g/mol. The predicted molar refractivity (Wildman–Crippen MR) is 77.5 cm³/mol. The van der Waals surface area contributed by atoms with Crippen molar-refractivity contribution >= 4 is 5.69 Å². The first kappa shape index (κ1) is 12.7. The lowest BCUT2D eigenvalue weighted by molar-refractivity contribution is 0.357. The van der Waals surface area contributed by atoms with Crippen molar-refractivity contribution in [1.82, 2.24) is 0 Å². The maximum atomic E-state index is 9.53. The molecule has 104 valence electrons. The SMILES string of the molecule is CC(Nc1ccc2c(c1)CCO2)c1cc(O)cc(O)c1. The number of ether oxygens (including phenoxy) is 1. The van der Waals surface area contributed by atoms with Crippen LogP contribution in [0.25, 0.3) is 0 Å². The number of hydrogen-bond donors (Lipinski definition) is 3. The summed E-state index contributed by atoms with van der Waals surface area (Å²) in [7, 11) is 0. The number of nitrogens with one attached hydrogen (secondary N) is 1. The summed E-state index contributed by atoms with van der Waals surface area (Å²) < 4.78 is 5.48. The minimum atomic E-state index is -0.0200. The fraction of sp³-hybridized carbons (Fsp3) is 0.250. The molecule has 1 aliphatic rings. The van der Waals surface area contributed by atoms with Gasteiger partial charge in [0.1, 0.15) is 17.2 Å². The van der Waals surface area contributed by atoms with E-state index >= 15 is 0 Å². The first-order valence-corrected chi connectivity index (χ1v) is 6.67. The van der Waals surface area contributed by atoms with Crippen LogP contribution in [0.5, 0.6) is 17.2 Å². The Morgan fingerprint density at radius 1 is 1.10 bits per heavy atom. The molecule has 1 heterocycles. The lowest BCUT2D eigenvalue weighted by Crippen LogP contribution is -2.06. The third-order valence-corrected chi connectivity index (χ3v) is 3.50. The van der Waals surface area contributed by atoms with E-state index in [1.807, 2.05) is 19.1 Å². The van der Waals surface area contributed by atoms with E-state index in [9.17, 15) is 10.2 Å². The molecule has 0 spiro atoms. The molecule has 4 nitrogen and oxygen atoms in total. The summed E-state index contributed by atoms with van der Waals surface area (Å²) in [6, 6.07) is 10.6. The maximum absolute atomic E-state index is 9.53. The van der Waals surface area contributed by atoms with Gasteiger partial charge in [0.05, 0.1) is 6.61 Å². The van der Waals surface area contributed by atoms with Crippen LogP contribution in [0.1, 0.15) is 24.1 Å². The van der Waals surface area contributed by atoms with Crippen LogP contribution in [0.3, 0.4) is 0 Å². The largest absolute Gasteiger partial charge is 0.508 e. The number of phenolic OH excluding ortho intramolecular Hbond substituents is 2. The van der Waals surface area contributed by atoms with E-state index in [0.717, 1.165) is 30.0 Å². The van der Waals surface area contributed by atoms with Gasteiger partial charge in [0.2, 0.25) is 0 Å². The lowest BCUT2D eigenvalue weighted by atomic mass is 10.1. The minimum Gasteiger partial charge on any atom is -0.508 e. The van der Waals surface area contributed by atoms with Crippen LogP contribution in [-0.2, 0) is 6.42 Å². The van der Waals surface area contributed by atoms with Crippen molar-refractivity contribution < 1.29 is 14.9 Å². The molecule has 0 saturated heterocycles. The molecule has 0 saturated carbocycles. The summed E-state index contributed by atoms with van der Waals surface area (Å²) in [6.07, 6.45) is 0.937. The summed E-state index contributed by atoms with van der Waals surface area (Å²) in [5.41, 5.74) is 3.05. The van der Waals surface area contributed by atoms with Gasteiger partial charge in [-0.1, -0.05) is 0 Å². The number of rotatable bonds is 3. The van der Waals surface area contributed by atoms with E-state index in [-0.39, 0.29) is 17.5 Å². The molecule has 1 aliphatic heterocycles. The van der Waals surface area contributed by atoms with Gasteiger partial charge in [-0.3, -0.25) is 0 Å². The molecule has 0 radical (unpaired) electrons. The van der Waals surface area contributed by atoms with Crippen molar-refractivity contribution in [3.63, 3.8) is 0 Å². The van der Waals surface area contributed by atoms with Crippen LogP contribution in [0.2, 0.25) is 0 Å². The topological polar surface area (TPSA) is 61.7 Å². The van der Waals surface area contributed by atoms with Gasteiger partial charge in [-0.05, 0) is 48.4 Å². The molecule has 1 atom stereocenters. The molecule has 2 aromatic carbocycles. The molecule has 0 aromatic heterocycles. The summed E-state index contributed by atoms with van der Waals surface area (Å²) in [4.78, 5) is 0. The van der Waals surface area contributed by atoms with Crippen LogP contribution in [0.4, 0.5) is 5.69 Å². The van der Waals surface area contributed by atoms with Crippen LogP contribution < -0.4 is 10.1 Å². The highest BCUT2D eigenvalue weighted by Gasteiger charge is 2.13. The quantitative estimate of drug-likeness (QED) is 0.802. The zero-order chi connectivity index (χ0) is 14.1. The lowest BCUT2D eigenvalue weighted by Gasteiger charge is -2.17. The van der Waals surface area contributed by atoms with Crippen molar-refractivity contribution in [2.75, 3.05) is 11.9 Å². The average molecular weight is 271 g/mol. The van der Waals surface area contributed by atoms with Crippen molar-refractivity contribution in [2.45, 2.75) is 19.4 Å². The van der Waals surface area contributed by atoms with Gasteiger partial charge < -0.3 is 20.3 Å². The molecule has 3 N–H and O–H groups in total. The maximum Gasteiger partial charge on any atom is 0.122 e. The smallest absolute Gasteiger partial charge is 0.122 e. The van der Waals surface area contributed by atoms with Crippen molar-refractivity contribution in [2.24, 2.45) is 0 Å². The number of aromatic hydroxyl groups is 2. The molecule has 20 heavy (non-hydrogen) atoms. The van der Waals surface area contributed by atoms with Gasteiger partial charge in [0, 0.05) is 24.2 Å². The first-order valence-electron chi connectivity index (χ1n) is 6.67. The molecule has 0 amide bonds. The van der Waals surface area contributed by atoms with Gasteiger partial charge in [-0.2, -0.15) is 0 Å². The summed E-state index contributed by atoms with van der Waals surface area (Å²) in [5, 5.41) is 22.4. The zero-order valence-electron chi connectivity index (χ0n) is 11.3. The average Bonchev–Trinajstić information content (AvgIpc) is 2.85. The molecule has 3 rings (SSSR count). The predicted octanol–water partition coefficient (Wildman–Crippen LogP) is 3.21. The van der Waals surface area contributed by atoms with E-state index < -0.39 is 0 Å². The highest BCUT2D eigenvalue weighted by atomic mass is 16.5. The second-order valence-electron chi connectivity index (χ2n) is 5.07. The molecule has 0 bridgehead atoms. The summed E-state index contributed by atoms with van der Waals surface area (Å²) >= 11 is 0. The normalized spacial score (nSPS) is 14.4. The van der Waals surface area contributed by atoms with E-state index in [1.165, 1.54) is 11.6 Å². The van der Waals surface area contributed by atoms with E-state index in [1.54, 1.807) is 12.1 Å². The third kappa shape index (κ3) is 2.50. The Kier molecular flexibility index (Phi) is 3.14. The van der Waals surface area contributed by atoms with Crippen molar-refractivity contribution in [3.05, 3.63) is 47.5 Å². The van der Waals surface area contributed by atoms with Gasteiger partial charge in [-0.25, -0.2) is 0 Å². The molecular formula is C16H17NO3. The van der Waals surface area contributed by atoms with E-state index in [0.29, 0.717) is 0 Å². The fourth-order valence-corrected chi connectivity index (χ4v) is 2.48. The highest BCUT2D eigenvalue weighted by molar-refractivity contribution is 5.54. The van der Waals surface area contributed by atoms with Crippen LogP contribution in [0, 0.1) is 0 Å². The Bertz CT molecular complexity index is 619. The molecule has 0 aliphatic carbocycles. The number of fused-ring (bicyclic) bond motifs is 1. The van der Waals surface area contributed by atoms with Gasteiger partial charge in [0.25, 0.3) is 0 Å². The van der Waals surface area contributed by atoms with Crippen LogP contribution in [-0.4, -0.2) is 16.8 Å². The number of hydrogen-bond acceptors (Lipinski definition) is 4. The van der Waals surface area contributed by atoms with E-state index in [2.05, 4.69) is 11.4 Å². The number of benzene rings is 2. The summed E-state index contributed by atoms with van der Waals surface area (Å²) in [5.74, 6) is 1.09. The second-order valence-corrected chi connectivity index (χ2v) is 5.07. The minimum absolute atomic E-state index is 0.0200. The Morgan fingerprint density at radius 2 is 1.85 bits per heavy atom. The Labute approximate surface area is 117 Å². The fourth-order valence-electron chi connectivity index (χ4n) is 2.48. The zero-order valence-corrected chi connectivity index (χ0v) is 11.3. The molecule has 0 fully saturated rings. The Balaban J connectivity index is 1.80. The standard InChI is InChI=1S/C16H17NO3/c1-10(12-7-14(18)9-15(19)8-12)17-13-2-3-16-11(6-13)4-5-20-16/h2-3,6-10,17-19H,4-5H2,1H3. The molecule has 2 aromatic rings. The molecule has 4 heteroatoms. The highest BCUT2D eigenvalue weighted by Crippen LogP contribution is 2.31. The number of anilines is 1. The van der Waals surface area contributed by atoms with Crippen LogP contribution in [0.15, 0.2) is 36.4 Å². The van der Waals surface area contributed by atoms with Gasteiger partial charge in [-0.15, -0.1) is 0 Å². The second kappa shape index (κ2) is 4.96. The van der Waals surface area contributed by atoms with Crippen molar-refractivity contribution in [3.8, 4) is 17.2 Å². The molecule has 1 unspecified atom stereocenters. The van der Waals surface area contributed by atoms with Crippen LogP contribution >= 0.6 is 0 Å². The first-order chi connectivity index (χ1) is 9.61. The number of phenols is 2. The van der Waals surface area contributed by atoms with Gasteiger partial charge in [0.15, 0.2) is 0 Å². The Hall–Kier alpha value is -2.36. The summed E-state index contributed by atoms with van der Waals surface area (Å²) in [6.45, 7) is 2.73. The third-order valence-electron chi connectivity index (χ3n) is 3.50. The Morgan fingerprint density at radius 3 is 2.60 bits per heavy atom. The van der Waals surface area contributed by atoms with Crippen molar-refractivity contribution in [1.29, 1.82) is 0 Å².